The first-order valence-corrected chi connectivity index (χ1v) is 11.4. The third-order valence-corrected chi connectivity index (χ3v) is 6.73. The molecule has 0 aromatic carbocycles. The van der Waals surface area contributed by atoms with Gasteiger partial charge in [0.25, 0.3) is 0 Å². The van der Waals surface area contributed by atoms with Crippen molar-refractivity contribution in [2.45, 2.75) is 6.42 Å². The molecule has 0 aromatic rings. The third kappa shape index (κ3) is 9.64. The number of guanidine groups is 1. The molecular weight excluding hydrogens is 362 g/mol. The zero-order valence-electron chi connectivity index (χ0n) is 15.7. The Balaban J connectivity index is 2.21. The number of nitrogens with zero attached hydrogens (tertiary/aromatic N) is 3. The molecule has 1 heterocycles. The van der Waals surface area contributed by atoms with Crippen LogP contribution in [0.5, 0.6) is 0 Å². The van der Waals surface area contributed by atoms with Crippen molar-refractivity contribution in [1.82, 2.24) is 19.8 Å². The molecule has 10 heteroatoms. The fourth-order valence-electron chi connectivity index (χ4n) is 2.43. The van der Waals surface area contributed by atoms with Gasteiger partial charge in [-0.1, -0.05) is 0 Å². The second-order valence-electron chi connectivity index (χ2n) is 5.90. The zero-order chi connectivity index (χ0) is 18.5. The van der Waals surface area contributed by atoms with E-state index in [-0.39, 0.29) is 5.75 Å². The lowest BCUT2D eigenvalue weighted by Gasteiger charge is -2.25. The molecule has 0 saturated carbocycles. The highest BCUT2D eigenvalue weighted by Gasteiger charge is 2.23. The molecule has 2 N–H and O–H groups in total. The maximum atomic E-state index is 12.3. The number of aliphatic imine (C=N–C) groups is 1. The molecule has 1 fully saturated rings. The Morgan fingerprint density at radius 1 is 1.24 bits per heavy atom. The summed E-state index contributed by atoms with van der Waals surface area (Å²) in [5.74, 6) is 2.49. The summed E-state index contributed by atoms with van der Waals surface area (Å²) in [6.07, 6.45) is 1.01. The molecule has 25 heavy (non-hydrogen) atoms. The Labute approximate surface area is 156 Å². The lowest BCUT2D eigenvalue weighted by molar-refractivity contribution is 0.180. The number of thioether (sulfide) groups is 1. The van der Waals surface area contributed by atoms with Gasteiger partial charge in [-0.05, 0) is 13.5 Å². The molecule has 0 unspecified atom stereocenters. The highest BCUT2D eigenvalue weighted by Crippen LogP contribution is 2.12. The summed E-state index contributed by atoms with van der Waals surface area (Å²) in [7, 11) is 2.29. The Bertz CT molecular complexity index is 482. The summed E-state index contributed by atoms with van der Waals surface area (Å²) >= 11 is 1.80. The highest BCUT2D eigenvalue weighted by atomic mass is 32.2. The van der Waals surface area contributed by atoms with Crippen molar-refractivity contribution < 1.29 is 13.2 Å². The minimum Gasteiger partial charge on any atom is -0.385 e. The molecule has 1 rings (SSSR count). The molecule has 0 atom stereocenters. The minimum atomic E-state index is -3.18. The topological polar surface area (TPSA) is 86.3 Å². The molecule has 0 radical (unpaired) electrons. The van der Waals surface area contributed by atoms with Gasteiger partial charge in [0, 0.05) is 71.5 Å². The molecule has 0 amide bonds. The molecule has 1 saturated heterocycles. The van der Waals surface area contributed by atoms with Gasteiger partial charge in [0.05, 0.1) is 5.75 Å². The van der Waals surface area contributed by atoms with Gasteiger partial charge in [-0.3, -0.25) is 4.99 Å². The molecule has 1 aliphatic rings. The maximum Gasteiger partial charge on any atom is 0.215 e. The number of hydrogen-bond donors (Lipinski definition) is 2. The van der Waals surface area contributed by atoms with E-state index in [1.807, 2.05) is 0 Å². The summed E-state index contributed by atoms with van der Waals surface area (Å²) in [5, 5.41) is 6.29. The normalized spacial score (nSPS) is 17.0. The number of likely N-dealkylation sites (N-methyl/N-ethyl adjacent to an activating group) is 1. The Kier molecular flexibility index (Phi) is 11.5. The highest BCUT2D eigenvalue weighted by molar-refractivity contribution is 7.99. The zero-order valence-corrected chi connectivity index (χ0v) is 17.3. The fraction of sp³-hybridized carbons (Fsp3) is 0.933. The van der Waals surface area contributed by atoms with E-state index < -0.39 is 10.0 Å². The van der Waals surface area contributed by atoms with Crippen molar-refractivity contribution in [3.05, 3.63) is 0 Å². The van der Waals surface area contributed by atoms with E-state index in [2.05, 4.69) is 27.6 Å². The first-order chi connectivity index (χ1) is 12.0. The fourth-order valence-corrected chi connectivity index (χ4v) is 4.92. The SMILES string of the molecule is CN=C(NCCN(C)CCCOC)NCCS(=O)(=O)N1CCSCC1. The van der Waals surface area contributed by atoms with Crippen LogP contribution < -0.4 is 10.6 Å². The molecule has 0 aromatic heterocycles. The van der Waals surface area contributed by atoms with Gasteiger partial charge < -0.3 is 20.3 Å². The van der Waals surface area contributed by atoms with Crippen LogP contribution in [0.25, 0.3) is 0 Å². The Hall–Kier alpha value is -0.550. The summed E-state index contributed by atoms with van der Waals surface area (Å²) in [6, 6.07) is 0. The van der Waals surface area contributed by atoms with Crippen LogP contribution in [0.2, 0.25) is 0 Å². The van der Waals surface area contributed by atoms with E-state index in [9.17, 15) is 8.42 Å². The van der Waals surface area contributed by atoms with E-state index in [1.54, 1.807) is 30.2 Å². The van der Waals surface area contributed by atoms with Gasteiger partial charge in [-0.25, -0.2) is 12.7 Å². The van der Waals surface area contributed by atoms with Crippen molar-refractivity contribution in [3.8, 4) is 0 Å². The standard InChI is InChI=1S/C15H33N5O3S2/c1-16-15(17-5-8-19(2)7-4-11-23-3)18-6-14-25(21,22)20-9-12-24-13-10-20/h4-14H2,1-3H3,(H2,16,17,18). The van der Waals surface area contributed by atoms with Crippen LogP contribution in [0.3, 0.4) is 0 Å². The first-order valence-electron chi connectivity index (χ1n) is 8.67. The Morgan fingerprint density at radius 3 is 2.56 bits per heavy atom. The average molecular weight is 396 g/mol. The molecule has 0 aliphatic carbocycles. The summed E-state index contributed by atoms with van der Waals surface area (Å²) in [4.78, 5) is 6.36. The predicted octanol–water partition coefficient (Wildman–Crippen LogP) is -0.502. The van der Waals surface area contributed by atoms with Gasteiger partial charge in [-0.15, -0.1) is 0 Å². The average Bonchev–Trinajstić information content (AvgIpc) is 2.61. The van der Waals surface area contributed by atoms with Gasteiger partial charge >= 0.3 is 0 Å². The summed E-state index contributed by atoms with van der Waals surface area (Å²) in [6.45, 7) is 4.98. The van der Waals surface area contributed by atoms with Gasteiger partial charge in [-0.2, -0.15) is 11.8 Å². The van der Waals surface area contributed by atoms with Crippen LogP contribution in [-0.2, 0) is 14.8 Å². The lowest BCUT2D eigenvalue weighted by atomic mass is 10.4. The van der Waals surface area contributed by atoms with Crippen LogP contribution in [0.15, 0.2) is 4.99 Å². The number of hydrogen-bond acceptors (Lipinski definition) is 6. The van der Waals surface area contributed by atoms with Gasteiger partial charge in [0.2, 0.25) is 10.0 Å². The number of rotatable bonds is 11. The number of nitrogens with one attached hydrogen (secondary N) is 2. The molecule has 8 nitrogen and oxygen atoms in total. The quantitative estimate of drug-likeness (QED) is 0.277. The summed E-state index contributed by atoms with van der Waals surface area (Å²) in [5.41, 5.74) is 0. The molecular formula is C15H33N5O3S2. The van der Waals surface area contributed by atoms with Crippen molar-refractivity contribution in [3.63, 3.8) is 0 Å². The van der Waals surface area contributed by atoms with Crippen LogP contribution in [0, 0.1) is 0 Å². The second-order valence-corrected chi connectivity index (χ2v) is 9.22. The minimum absolute atomic E-state index is 0.0925. The number of sulfonamides is 1. The molecule has 0 spiro atoms. The van der Waals surface area contributed by atoms with Crippen LogP contribution >= 0.6 is 11.8 Å². The van der Waals surface area contributed by atoms with Gasteiger partial charge in [0.1, 0.15) is 0 Å². The maximum absolute atomic E-state index is 12.3. The van der Waals surface area contributed by atoms with E-state index >= 15 is 0 Å². The van der Waals surface area contributed by atoms with Crippen LogP contribution in [0.4, 0.5) is 0 Å². The monoisotopic (exact) mass is 395 g/mol. The van der Waals surface area contributed by atoms with E-state index in [4.69, 9.17) is 4.74 Å². The molecule has 0 bridgehead atoms. The molecule has 148 valence electrons. The van der Waals surface area contributed by atoms with E-state index in [0.29, 0.717) is 25.6 Å². The van der Waals surface area contributed by atoms with Crippen LogP contribution in [-0.4, -0.2) is 108 Å². The third-order valence-electron chi connectivity index (χ3n) is 3.91. The smallest absolute Gasteiger partial charge is 0.215 e. The van der Waals surface area contributed by atoms with Crippen molar-refractivity contribution >= 4 is 27.7 Å². The summed E-state index contributed by atoms with van der Waals surface area (Å²) < 4.78 is 31.2. The number of ether oxygens (including phenoxy) is 1. The lowest BCUT2D eigenvalue weighted by Crippen LogP contribution is -2.45. The van der Waals surface area contributed by atoms with E-state index in [0.717, 1.165) is 44.2 Å². The predicted molar refractivity (Wildman–Crippen MR) is 106 cm³/mol. The number of methoxy groups -OCH3 is 1. The van der Waals surface area contributed by atoms with Crippen molar-refractivity contribution in [1.29, 1.82) is 0 Å². The Morgan fingerprint density at radius 2 is 1.92 bits per heavy atom. The second kappa shape index (κ2) is 12.7. The van der Waals surface area contributed by atoms with Crippen LogP contribution in [0.1, 0.15) is 6.42 Å². The molecule has 1 aliphatic heterocycles. The largest absolute Gasteiger partial charge is 0.385 e. The van der Waals surface area contributed by atoms with E-state index in [1.165, 1.54) is 0 Å². The van der Waals surface area contributed by atoms with Crippen molar-refractivity contribution in [2.75, 3.05) is 84.3 Å². The first kappa shape index (κ1) is 22.5. The van der Waals surface area contributed by atoms with Crippen molar-refractivity contribution in [2.24, 2.45) is 4.99 Å². The van der Waals surface area contributed by atoms with Gasteiger partial charge in [0.15, 0.2) is 5.96 Å².